The van der Waals surface area contributed by atoms with Crippen molar-refractivity contribution in [3.8, 4) is 23.0 Å². The van der Waals surface area contributed by atoms with E-state index in [0.717, 1.165) is 0 Å². The van der Waals surface area contributed by atoms with Crippen molar-refractivity contribution in [1.29, 1.82) is 0 Å². The van der Waals surface area contributed by atoms with Crippen LogP contribution >= 0.6 is 0 Å². The Labute approximate surface area is 126 Å². The van der Waals surface area contributed by atoms with E-state index in [1.807, 2.05) is 0 Å². The highest BCUT2D eigenvalue weighted by atomic mass is 16.3. The quantitative estimate of drug-likeness (QED) is 0.501. The van der Waals surface area contributed by atoms with Crippen LogP contribution in [-0.4, -0.2) is 35.4 Å². The van der Waals surface area contributed by atoms with Crippen LogP contribution in [-0.2, 0) is 0 Å². The number of aromatic hydroxyl groups is 4. The Morgan fingerprint density at radius 1 is 0.500 bits per heavy atom. The molecule has 0 aliphatic carbocycles. The zero-order valence-electron chi connectivity index (χ0n) is 11.5. The first-order valence-corrected chi connectivity index (χ1v) is 6.09. The predicted octanol–water partition coefficient (Wildman–Crippen LogP) is 2.07. The highest BCUT2D eigenvalue weighted by Crippen LogP contribution is 2.15. The third-order valence-electron chi connectivity index (χ3n) is 2.06. The van der Waals surface area contributed by atoms with Crippen LogP contribution in [0.5, 0.6) is 23.0 Å². The highest BCUT2D eigenvalue weighted by Gasteiger charge is 1.86. The molecule has 0 aliphatic rings. The van der Waals surface area contributed by atoms with Crippen molar-refractivity contribution in [3.63, 3.8) is 0 Å². The van der Waals surface area contributed by atoms with E-state index < -0.39 is 0 Å². The molecule has 0 fully saturated rings. The third kappa shape index (κ3) is 7.95. The minimum absolute atomic E-state index is 0.0880. The smallest absolute Gasteiger partial charge is 0.119 e. The standard InChI is InChI=1S/2C6H6O2.C3H3N3/c2*7-5-2-1-3-6(8)4-5;1-4-2-6-3-5-1/h2*1-4,7-8H;1-3H. The van der Waals surface area contributed by atoms with Crippen LogP contribution in [0.4, 0.5) is 0 Å². The van der Waals surface area contributed by atoms with Gasteiger partial charge in [-0.15, -0.1) is 0 Å². The van der Waals surface area contributed by atoms with Gasteiger partial charge in [0, 0.05) is 12.1 Å². The zero-order chi connectivity index (χ0) is 16.2. The van der Waals surface area contributed by atoms with Gasteiger partial charge in [-0.3, -0.25) is 0 Å². The molecular formula is C15H15N3O4. The minimum Gasteiger partial charge on any atom is -0.508 e. The Hall–Kier alpha value is -3.35. The average molecular weight is 301 g/mol. The van der Waals surface area contributed by atoms with Gasteiger partial charge in [-0.2, -0.15) is 0 Å². The zero-order valence-corrected chi connectivity index (χ0v) is 11.5. The fourth-order valence-corrected chi connectivity index (χ4v) is 1.19. The van der Waals surface area contributed by atoms with E-state index in [0.29, 0.717) is 0 Å². The van der Waals surface area contributed by atoms with Crippen molar-refractivity contribution in [2.45, 2.75) is 0 Å². The topological polar surface area (TPSA) is 120 Å². The number of hydrogen-bond donors (Lipinski definition) is 4. The molecule has 0 unspecified atom stereocenters. The summed E-state index contributed by atoms with van der Waals surface area (Å²) in [5.41, 5.74) is 0. The number of phenolic OH excluding ortho intramolecular Hbond substituents is 4. The van der Waals surface area contributed by atoms with E-state index in [1.54, 1.807) is 12.1 Å². The molecule has 7 nitrogen and oxygen atoms in total. The van der Waals surface area contributed by atoms with E-state index in [1.165, 1.54) is 55.4 Å². The van der Waals surface area contributed by atoms with Crippen LogP contribution < -0.4 is 0 Å². The molecule has 114 valence electrons. The second-order valence-corrected chi connectivity index (χ2v) is 3.83. The molecule has 4 N–H and O–H groups in total. The lowest BCUT2D eigenvalue weighted by atomic mass is 10.3. The van der Waals surface area contributed by atoms with Crippen molar-refractivity contribution in [3.05, 3.63) is 67.5 Å². The molecule has 22 heavy (non-hydrogen) atoms. The molecule has 7 heteroatoms. The summed E-state index contributed by atoms with van der Waals surface area (Å²) >= 11 is 0. The van der Waals surface area contributed by atoms with Gasteiger partial charge >= 0.3 is 0 Å². The first-order valence-electron chi connectivity index (χ1n) is 6.09. The molecule has 2 aromatic carbocycles. The second-order valence-electron chi connectivity index (χ2n) is 3.83. The fourth-order valence-electron chi connectivity index (χ4n) is 1.19. The van der Waals surface area contributed by atoms with Crippen LogP contribution in [0.2, 0.25) is 0 Å². The van der Waals surface area contributed by atoms with Gasteiger partial charge in [0.1, 0.15) is 42.0 Å². The maximum Gasteiger partial charge on any atom is 0.119 e. The van der Waals surface area contributed by atoms with Crippen LogP contribution in [0, 0.1) is 0 Å². The molecule has 1 aromatic heterocycles. The van der Waals surface area contributed by atoms with E-state index in [2.05, 4.69) is 15.0 Å². The summed E-state index contributed by atoms with van der Waals surface area (Å²) < 4.78 is 0. The van der Waals surface area contributed by atoms with Crippen LogP contribution in [0.1, 0.15) is 0 Å². The van der Waals surface area contributed by atoms with E-state index >= 15 is 0 Å². The number of hydrogen-bond acceptors (Lipinski definition) is 7. The van der Waals surface area contributed by atoms with Crippen molar-refractivity contribution in [1.82, 2.24) is 15.0 Å². The SMILES string of the molecule is Oc1cccc(O)c1.Oc1cccc(O)c1.c1ncncn1. The van der Waals surface area contributed by atoms with Gasteiger partial charge < -0.3 is 20.4 Å². The first-order chi connectivity index (χ1) is 10.6. The fraction of sp³-hybridized carbons (Fsp3) is 0. The normalized spacial score (nSPS) is 8.73. The Morgan fingerprint density at radius 2 is 0.773 bits per heavy atom. The van der Waals surface area contributed by atoms with Crippen molar-refractivity contribution < 1.29 is 20.4 Å². The van der Waals surface area contributed by atoms with Gasteiger partial charge in [0.2, 0.25) is 0 Å². The summed E-state index contributed by atoms with van der Waals surface area (Å²) in [5.74, 6) is 0.352. The summed E-state index contributed by atoms with van der Waals surface area (Å²) in [5, 5.41) is 34.6. The Balaban J connectivity index is 0.000000167. The second kappa shape index (κ2) is 9.54. The summed E-state index contributed by atoms with van der Waals surface area (Å²) in [4.78, 5) is 10.7. The van der Waals surface area contributed by atoms with Crippen LogP contribution in [0.25, 0.3) is 0 Å². The summed E-state index contributed by atoms with van der Waals surface area (Å²) in [6, 6.07) is 11.7. The van der Waals surface area contributed by atoms with Crippen LogP contribution in [0.15, 0.2) is 67.5 Å². The first kappa shape index (κ1) is 16.7. The largest absolute Gasteiger partial charge is 0.508 e. The minimum atomic E-state index is 0.0880. The van der Waals surface area contributed by atoms with Crippen LogP contribution in [0.3, 0.4) is 0 Å². The Morgan fingerprint density at radius 3 is 0.909 bits per heavy atom. The number of benzene rings is 2. The van der Waals surface area contributed by atoms with E-state index in [-0.39, 0.29) is 23.0 Å². The number of nitrogens with zero attached hydrogens (tertiary/aromatic N) is 3. The molecule has 0 atom stereocenters. The highest BCUT2D eigenvalue weighted by molar-refractivity contribution is 5.30. The van der Waals surface area contributed by atoms with Crippen molar-refractivity contribution in [2.24, 2.45) is 0 Å². The van der Waals surface area contributed by atoms with Gasteiger partial charge in [-0.25, -0.2) is 15.0 Å². The summed E-state index contributed by atoms with van der Waals surface area (Å²) in [6.45, 7) is 0. The van der Waals surface area contributed by atoms with Gasteiger partial charge in [-0.05, 0) is 24.3 Å². The monoisotopic (exact) mass is 301 g/mol. The molecular weight excluding hydrogens is 286 g/mol. The molecule has 0 spiro atoms. The number of aromatic nitrogens is 3. The van der Waals surface area contributed by atoms with E-state index in [4.69, 9.17) is 20.4 Å². The lowest BCUT2D eigenvalue weighted by Crippen LogP contribution is -1.73. The number of rotatable bonds is 0. The summed E-state index contributed by atoms with van der Waals surface area (Å²) in [7, 11) is 0. The van der Waals surface area contributed by atoms with Crippen molar-refractivity contribution >= 4 is 0 Å². The van der Waals surface area contributed by atoms with Crippen molar-refractivity contribution in [2.75, 3.05) is 0 Å². The average Bonchev–Trinajstić information content (AvgIpc) is 2.50. The molecule has 1 heterocycles. The molecule has 0 saturated heterocycles. The predicted molar refractivity (Wildman–Crippen MR) is 79.4 cm³/mol. The molecule has 0 aliphatic heterocycles. The summed E-state index contributed by atoms with van der Waals surface area (Å²) in [6.07, 6.45) is 4.31. The third-order valence-corrected chi connectivity index (χ3v) is 2.06. The van der Waals surface area contributed by atoms with Gasteiger partial charge in [0.05, 0.1) is 0 Å². The molecule has 3 rings (SSSR count). The molecule has 3 aromatic rings. The molecule has 0 saturated carbocycles. The lowest BCUT2D eigenvalue weighted by molar-refractivity contribution is 0.449. The van der Waals surface area contributed by atoms with Gasteiger partial charge in [0.15, 0.2) is 0 Å². The van der Waals surface area contributed by atoms with E-state index in [9.17, 15) is 0 Å². The molecule has 0 amide bonds. The molecule has 0 bridgehead atoms. The van der Waals surface area contributed by atoms with Gasteiger partial charge in [0.25, 0.3) is 0 Å². The lowest BCUT2D eigenvalue weighted by Gasteiger charge is -1.89. The maximum absolute atomic E-state index is 8.65. The van der Waals surface area contributed by atoms with Gasteiger partial charge in [-0.1, -0.05) is 12.1 Å². The Bertz CT molecular complexity index is 561. The number of phenols is 4. The maximum atomic E-state index is 8.65. The molecule has 0 radical (unpaired) electrons. The Kier molecular flexibility index (Phi) is 7.24.